The molecule has 0 aromatic rings. The zero-order valence-corrected chi connectivity index (χ0v) is 15.1. The number of nitrogens with two attached hydrogens (primary N) is 1. The highest BCUT2D eigenvalue weighted by molar-refractivity contribution is 5.99. The van der Waals surface area contributed by atoms with Crippen molar-refractivity contribution in [1.82, 2.24) is 5.32 Å². The number of nitrogens with one attached hydrogen (secondary N) is 2. The Balaban J connectivity index is 2.97. The van der Waals surface area contributed by atoms with Gasteiger partial charge in [-0.25, -0.2) is 4.99 Å². The maximum Gasteiger partial charge on any atom is 0.134 e. The molecule has 4 N–H and O–H groups in total. The molecule has 0 bridgehead atoms. The first-order valence-electron chi connectivity index (χ1n) is 8.47. The first-order chi connectivity index (χ1) is 10.9. The van der Waals surface area contributed by atoms with E-state index in [1.54, 1.807) is 19.2 Å². The average molecular weight is 316 g/mol. The summed E-state index contributed by atoms with van der Waals surface area (Å²) in [6.07, 6.45) is 9.76. The third kappa shape index (κ3) is 5.08. The first kappa shape index (κ1) is 19.2. The van der Waals surface area contributed by atoms with Gasteiger partial charge in [-0.2, -0.15) is 0 Å². The van der Waals surface area contributed by atoms with Crippen molar-refractivity contribution in [3.8, 4) is 0 Å². The van der Waals surface area contributed by atoms with E-state index in [4.69, 9.17) is 11.1 Å². The SMILES string of the molecule is C=C(C)C(CCC)C1(CNC(/N=C\C)=C(\C=C/N)C(C)=N)CC1. The molecule has 0 heterocycles. The molecular formula is C19H32N4. The highest BCUT2D eigenvalue weighted by Gasteiger charge is 2.48. The fourth-order valence-corrected chi connectivity index (χ4v) is 3.25. The van der Waals surface area contributed by atoms with Crippen LogP contribution in [0.25, 0.3) is 0 Å². The van der Waals surface area contributed by atoms with Crippen LogP contribution < -0.4 is 11.1 Å². The van der Waals surface area contributed by atoms with Gasteiger partial charge in [-0.05, 0) is 63.6 Å². The summed E-state index contributed by atoms with van der Waals surface area (Å²) in [6.45, 7) is 13.1. The van der Waals surface area contributed by atoms with E-state index >= 15 is 0 Å². The molecule has 1 fully saturated rings. The first-order valence-corrected chi connectivity index (χ1v) is 8.47. The lowest BCUT2D eigenvalue weighted by Crippen LogP contribution is -2.30. The lowest BCUT2D eigenvalue weighted by molar-refractivity contribution is 0.322. The van der Waals surface area contributed by atoms with E-state index in [2.05, 4.69) is 30.7 Å². The van der Waals surface area contributed by atoms with Crippen LogP contribution in [0.2, 0.25) is 0 Å². The molecule has 0 radical (unpaired) electrons. The zero-order valence-electron chi connectivity index (χ0n) is 15.1. The minimum Gasteiger partial charge on any atom is -0.405 e. The van der Waals surface area contributed by atoms with Crippen LogP contribution in [-0.2, 0) is 0 Å². The largest absolute Gasteiger partial charge is 0.405 e. The summed E-state index contributed by atoms with van der Waals surface area (Å²) in [5.74, 6) is 1.28. The molecule has 1 rings (SSSR count). The second kappa shape index (κ2) is 8.70. The van der Waals surface area contributed by atoms with E-state index in [0.29, 0.717) is 17.0 Å². The monoisotopic (exact) mass is 316 g/mol. The van der Waals surface area contributed by atoms with Crippen molar-refractivity contribution < 1.29 is 0 Å². The molecule has 1 unspecified atom stereocenters. The topological polar surface area (TPSA) is 74.3 Å². The fraction of sp³-hybridized carbons (Fsp3) is 0.579. The molecule has 0 aromatic heterocycles. The van der Waals surface area contributed by atoms with Gasteiger partial charge in [-0.1, -0.05) is 25.5 Å². The zero-order chi connectivity index (χ0) is 17.5. The van der Waals surface area contributed by atoms with Crippen molar-refractivity contribution in [2.75, 3.05) is 6.54 Å². The van der Waals surface area contributed by atoms with Gasteiger partial charge < -0.3 is 16.5 Å². The van der Waals surface area contributed by atoms with Crippen LogP contribution in [0.4, 0.5) is 0 Å². The summed E-state index contributed by atoms with van der Waals surface area (Å²) < 4.78 is 0. The van der Waals surface area contributed by atoms with Gasteiger partial charge in [0.05, 0.1) is 0 Å². The molecule has 4 nitrogen and oxygen atoms in total. The molecule has 0 amide bonds. The number of aliphatic imine (C=N–C) groups is 1. The van der Waals surface area contributed by atoms with Gasteiger partial charge in [0.2, 0.25) is 0 Å². The summed E-state index contributed by atoms with van der Waals surface area (Å²) in [7, 11) is 0. The summed E-state index contributed by atoms with van der Waals surface area (Å²) in [5.41, 5.74) is 8.29. The Hall–Kier alpha value is -1.84. The van der Waals surface area contributed by atoms with Crippen molar-refractivity contribution in [2.24, 2.45) is 22.1 Å². The van der Waals surface area contributed by atoms with E-state index in [1.807, 2.05) is 6.92 Å². The molecule has 1 aliphatic rings. The molecule has 128 valence electrons. The average Bonchev–Trinajstić information content (AvgIpc) is 3.27. The lowest BCUT2D eigenvalue weighted by atomic mass is 9.81. The van der Waals surface area contributed by atoms with Crippen LogP contribution in [0.1, 0.15) is 53.4 Å². The smallest absolute Gasteiger partial charge is 0.134 e. The highest BCUT2D eigenvalue weighted by atomic mass is 15.0. The molecule has 0 saturated heterocycles. The predicted octanol–water partition coefficient (Wildman–Crippen LogP) is 4.16. The number of hydrogen-bond donors (Lipinski definition) is 3. The Morgan fingerprint density at radius 1 is 1.43 bits per heavy atom. The summed E-state index contributed by atoms with van der Waals surface area (Å²) in [5, 5.41) is 11.4. The minimum absolute atomic E-state index is 0.295. The molecule has 0 spiro atoms. The Morgan fingerprint density at radius 3 is 2.48 bits per heavy atom. The number of allylic oxidation sites excluding steroid dienone is 3. The molecule has 0 aliphatic heterocycles. The van der Waals surface area contributed by atoms with Crippen molar-refractivity contribution >= 4 is 11.9 Å². The second-order valence-electron chi connectivity index (χ2n) is 6.54. The normalized spacial score (nSPS) is 18.8. The van der Waals surface area contributed by atoms with Crippen LogP contribution in [0, 0.1) is 16.7 Å². The minimum atomic E-state index is 0.295. The summed E-state index contributed by atoms with van der Waals surface area (Å²) >= 11 is 0. The van der Waals surface area contributed by atoms with Crippen LogP contribution in [0.3, 0.4) is 0 Å². The van der Waals surface area contributed by atoms with Gasteiger partial charge in [0, 0.05) is 24.0 Å². The van der Waals surface area contributed by atoms with Crippen LogP contribution in [0.15, 0.2) is 40.8 Å². The van der Waals surface area contributed by atoms with Crippen LogP contribution in [-0.4, -0.2) is 18.5 Å². The predicted molar refractivity (Wildman–Crippen MR) is 101 cm³/mol. The van der Waals surface area contributed by atoms with Gasteiger partial charge >= 0.3 is 0 Å². The summed E-state index contributed by atoms with van der Waals surface area (Å²) in [6, 6.07) is 0. The standard InChI is InChI=1S/C19H32N4/c1-6-8-17(14(3)4)19(10-11-19)13-23-18(22-7-2)16(9-12-20)15(5)21/h7,9,12,17,21,23H,3,6,8,10-11,13,20H2,1-2,4-5H3/b12-9-,18-16+,21-15?,22-7-. The molecule has 23 heavy (non-hydrogen) atoms. The molecular weight excluding hydrogens is 284 g/mol. The van der Waals surface area contributed by atoms with Crippen molar-refractivity contribution in [3.05, 3.63) is 35.8 Å². The lowest BCUT2D eigenvalue weighted by Gasteiger charge is -2.28. The van der Waals surface area contributed by atoms with Crippen molar-refractivity contribution in [2.45, 2.75) is 53.4 Å². The molecule has 0 aromatic carbocycles. The van der Waals surface area contributed by atoms with E-state index in [1.165, 1.54) is 37.5 Å². The van der Waals surface area contributed by atoms with Gasteiger partial charge in [0.15, 0.2) is 0 Å². The maximum absolute atomic E-state index is 7.94. The van der Waals surface area contributed by atoms with Crippen LogP contribution in [0.5, 0.6) is 0 Å². The third-order valence-corrected chi connectivity index (χ3v) is 4.59. The highest BCUT2D eigenvalue weighted by Crippen LogP contribution is 2.55. The van der Waals surface area contributed by atoms with Gasteiger partial charge in [0.1, 0.15) is 5.82 Å². The third-order valence-electron chi connectivity index (χ3n) is 4.59. The molecule has 1 aliphatic carbocycles. The second-order valence-corrected chi connectivity index (χ2v) is 6.54. The van der Waals surface area contributed by atoms with Gasteiger partial charge in [0.25, 0.3) is 0 Å². The number of hydrogen-bond acceptors (Lipinski definition) is 4. The Kier molecular flexibility index (Phi) is 7.27. The quantitative estimate of drug-likeness (QED) is 0.321. The fourth-order valence-electron chi connectivity index (χ4n) is 3.25. The Morgan fingerprint density at radius 2 is 2.09 bits per heavy atom. The molecule has 4 heteroatoms. The van der Waals surface area contributed by atoms with E-state index in [9.17, 15) is 0 Å². The van der Waals surface area contributed by atoms with Crippen molar-refractivity contribution in [1.29, 1.82) is 5.41 Å². The van der Waals surface area contributed by atoms with Crippen LogP contribution >= 0.6 is 0 Å². The van der Waals surface area contributed by atoms with E-state index in [-0.39, 0.29) is 0 Å². The Bertz CT molecular complexity index is 521. The maximum atomic E-state index is 7.94. The van der Waals surface area contributed by atoms with E-state index < -0.39 is 0 Å². The molecule has 1 atom stereocenters. The number of nitrogens with zero attached hydrogens (tertiary/aromatic N) is 1. The summed E-state index contributed by atoms with van der Waals surface area (Å²) in [4.78, 5) is 4.42. The van der Waals surface area contributed by atoms with Gasteiger partial charge in [-0.15, -0.1) is 0 Å². The Labute approximate surface area is 141 Å². The number of rotatable bonds is 10. The molecule has 1 saturated carbocycles. The van der Waals surface area contributed by atoms with E-state index in [0.717, 1.165) is 17.9 Å². The van der Waals surface area contributed by atoms with Crippen molar-refractivity contribution in [3.63, 3.8) is 0 Å². The van der Waals surface area contributed by atoms with Gasteiger partial charge in [-0.3, -0.25) is 0 Å².